The fourth-order valence-electron chi connectivity index (χ4n) is 2.58. The van der Waals surface area contributed by atoms with Crippen molar-refractivity contribution in [2.45, 2.75) is 12.3 Å². The number of likely N-dealkylation sites (N-methyl/N-ethyl adjacent to an activating group) is 1. The van der Waals surface area contributed by atoms with Gasteiger partial charge in [-0.1, -0.05) is 12.1 Å². The fourth-order valence-corrected chi connectivity index (χ4v) is 2.58. The molecule has 0 unspecified atom stereocenters. The van der Waals surface area contributed by atoms with Gasteiger partial charge in [0.2, 0.25) is 5.91 Å². The SMILES string of the molecule is CN(C)CCNCC(=O)NCC[C@H](c1ccc(F)cc1)c1ccco1. The summed E-state index contributed by atoms with van der Waals surface area (Å²) in [6, 6.07) is 10.1. The van der Waals surface area contributed by atoms with E-state index in [9.17, 15) is 9.18 Å². The van der Waals surface area contributed by atoms with Crippen molar-refractivity contribution in [3.63, 3.8) is 0 Å². The predicted octanol–water partition coefficient (Wildman–Crippen LogP) is 2.21. The van der Waals surface area contributed by atoms with Gasteiger partial charge in [-0.3, -0.25) is 4.79 Å². The normalized spacial score (nSPS) is 12.3. The number of rotatable bonds is 10. The van der Waals surface area contributed by atoms with Crippen molar-refractivity contribution in [3.8, 4) is 0 Å². The van der Waals surface area contributed by atoms with E-state index in [2.05, 4.69) is 15.5 Å². The minimum Gasteiger partial charge on any atom is -0.469 e. The highest BCUT2D eigenvalue weighted by Crippen LogP contribution is 2.28. The van der Waals surface area contributed by atoms with Gasteiger partial charge < -0.3 is 20.0 Å². The Morgan fingerprint density at radius 1 is 1.20 bits per heavy atom. The van der Waals surface area contributed by atoms with Crippen LogP contribution in [0.15, 0.2) is 47.1 Å². The predicted molar refractivity (Wildman–Crippen MR) is 96.0 cm³/mol. The number of furan rings is 1. The third-order valence-corrected chi connectivity index (χ3v) is 3.94. The third kappa shape index (κ3) is 6.68. The fraction of sp³-hybridized carbons (Fsp3) is 0.421. The summed E-state index contributed by atoms with van der Waals surface area (Å²) in [4.78, 5) is 13.9. The molecule has 1 heterocycles. The highest BCUT2D eigenvalue weighted by molar-refractivity contribution is 5.77. The van der Waals surface area contributed by atoms with Crippen LogP contribution in [0.5, 0.6) is 0 Å². The highest BCUT2D eigenvalue weighted by Gasteiger charge is 2.17. The van der Waals surface area contributed by atoms with Gasteiger partial charge in [0.25, 0.3) is 0 Å². The van der Waals surface area contributed by atoms with E-state index in [0.717, 1.165) is 24.4 Å². The minimum absolute atomic E-state index is 0.0161. The first-order valence-electron chi connectivity index (χ1n) is 8.47. The van der Waals surface area contributed by atoms with Crippen LogP contribution >= 0.6 is 0 Å². The Hall–Kier alpha value is -2.18. The molecule has 1 aromatic carbocycles. The molecule has 2 rings (SSSR count). The standard InChI is InChI=1S/C19H26FN3O2/c1-23(2)12-11-21-14-19(24)22-10-9-17(18-4-3-13-25-18)15-5-7-16(20)8-6-15/h3-8,13,17,21H,9-12,14H2,1-2H3,(H,22,24)/t17-/m1/s1. The molecule has 2 aromatic rings. The molecule has 0 spiro atoms. The van der Waals surface area contributed by atoms with E-state index in [1.165, 1.54) is 12.1 Å². The second kappa shape index (κ2) is 9.96. The van der Waals surface area contributed by atoms with Gasteiger partial charge >= 0.3 is 0 Å². The lowest BCUT2D eigenvalue weighted by molar-refractivity contribution is -0.120. The van der Waals surface area contributed by atoms with Crippen LogP contribution in [0.25, 0.3) is 0 Å². The topological polar surface area (TPSA) is 57.5 Å². The summed E-state index contributed by atoms with van der Waals surface area (Å²) in [6.07, 6.45) is 2.31. The third-order valence-electron chi connectivity index (χ3n) is 3.94. The maximum Gasteiger partial charge on any atom is 0.233 e. The average molecular weight is 347 g/mol. The second-order valence-corrected chi connectivity index (χ2v) is 6.24. The number of carbonyl (C=O) groups excluding carboxylic acids is 1. The van der Waals surface area contributed by atoms with Crippen molar-refractivity contribution in [1.29, 1.82) is 0 Å². The van der Waals surface area contributed by atoms with Crippen LogP contribution in [0.3, 0.4) is 0 Å². The smallest absolute Gasteiger partial charge is 0.233 e. The average Bonchev–Trinajstić information content (AvgIpc) is 3.11. The van der Waals surface area contributed by atoms with Crippen LogP contribution < -0.4 is 10.6 Å². The lowest BCUT2D eigenvalue weighted by Gasteiger charge is -2.16. The lowest BCUT2D eigenvalue weighted by Crippen LogP contribution is -2.37. The van der Waals surface area contributed by atoms with Gasteiger partial charge in [0.1, 0.15) is 11.6 Å². The monoisotopic (exact) mass is 347 g/mol. The van der Waals surface area contributed by atoms with Gasteiger partial charge in [-0.15, -0.1) is 0 Å². The Kier molecular flexibility index (Phi) is 7.63. The van der Waals surface area contributed by atoms with Crippen molar-refractivity contribution in [2.24, 2.45) is 0 Å². The number of nitrogens with zero attached hydrogens (tertiary/aromatic N) is 1. The molecule has 2 N–H and O–H groups in total. The Morgan fingerprint density at radius 3 is 2.60 bits per heavy atom. The van der Waals surface area contributed by atoms with E-state index in [0.29, 0.717) is 19.5 Å². The van der Waals surface area contributed by atoms with E-state index >= 15 is 0 Å². The van der Waals surface area contributed by atoms with Crippen molar-refractivity contribution < 1.29 is 13.6 Å². The molecule has 0 aliphatic carbocycles. The van der Waals surface area contributed by atoms with Gasteiger partial charge in [0, 0.05) is 25.6 Å². The van der Waals surface area contributed by atoms with Crippen LogP contribution in [-0.2, 0) is 4.79 Å². The van der Waals surface area contributed by atoms with Crippen LogP contribution in [0, 0.1) is 5.82 Å². The minimum atomic E-state index is -0.265. The molecular weight excluding hydrogens is 321 g/mol. The molecule has 5 nitrogen and oxygen atoms in total. The number of benzene rings is 1. The first-order chi connectivity index (χ1) is 12.1. The van der Waals surface area contributed by atoms with Crippen LogP contribution in [-0.4, -0.2) is 51.1 Å². The summed E-state index contributed by atoms with van der Waals surface area (Å²) < 4.78 is 18.7. The van der Waals surface area contributed by atoms with Gasteiger partial charge in [-0.2, -0.15) is 0 Å². The van der Waals surface area contributed by atoms with Crippen LogP contribution in [0.1, 0.15) is 23.7 Å². The summed E-state index contributed by atoms with van der Waals surface area (Å²) in [5, 5.41) is 6.02. The summed E-state index contributed by atoms with van der Waals surface area (Å²) in [5.41, 5.74) is 0.967. The molecule has 1 amide bonds. The molecule has 0 radical (unpaired) electrons. The van der Waals surface area contributed by atoms with E-state index in [-0.39, 0.29) is 17.6 Å². The molecule has 0 aliphatic rings. The Balaban J connectivity index is 1.82. The Labute approximate surface area is 148 Å². The van der Waals surface area contributed by atoms with E-state index in [1.54, 1.807) is 18.4 Å². The molecule has 0 aliphatic heterocycles. The van der Waals surface area contributed by atoms with E-state index < -0.39 is 0 Å². The van der Waals surface area contributed by atoms with Gasteiger partial charge in [-0.05, 0) is 50.3 Å². The van der Waals surface area contributed by atoms with Gasteiger partial charge in [0.15, 0.2) is 0 Å². The van der Waals surface area contributed by atoms with Crippen LogP contribution in [0.2, 0.25) is 0 Å². The van der Waals surface area contributed by atoms with Crippen molar-refractivity contribution in [1.82, 2.24) is 15.5 Å². The quantitative estimate of drug-likeness (QED) is 0.647. The first kappa shape index (κ1) is 19.1. The maximum absolute atomic E-state index is 13.2. The molecule has 136 valence electrons. The molecule has 25 heavy (non-hydrogen) atoms. The van der Waals surface area contributed by atoms with Crippen molar-refractivity contribution in [2.75, 3.05) is 40.3 Å². The summed E-state index contributed by atoms with van der Waals surface area (Å²) in [7, 11) is 3.98. The van der Waals surface area contributed by atoms with Crippen molar-refractivity contribution in [3.05, 3.63) is 59.8 Å². The number of hydrogen-bond acceptors (Lipinski definition) is 4. The number of carbonyl (C=O) groups is 1. The van der Waals surface area contributed by atoms with E-state index in [1.807, 2.05) is 26.2 Å². The highest BCUT2D eigenvalue weighted by atomic mass is 19.1. The molecule has 0 fully saturated rings. The molecule has 0 saturated heterocycles. The van der Waals surface area contributed by atoms with E-state index in [4.69, 9.17) is 4.42 Å². The van der Waals surface area contributed by atoms with Gasteiger partial charge in [-0.25, -0.2) is 4.39 Å². The molecule has 0 bridgehead atoms. The Bertz CT molecular complexity index is 627. The molecule has 0 saturated carbocycles. The first-order valence-corrected chi connectivity index (χ1v) is 8.47. The molecule has 1 aromatic heterocycles. The van der Waals surface area contributed by atoms with Gasteiger partial charge in [0.05, 0.1) is 12.8 Å². The summed E-state index contributed by atoms with van der Waals surface area (Å²) in [6.45, 7) is 2.48. The number of hydrogen-bond donors (Lipinski definition) is 2. The lowest BCUT2D eigenvalue weighted by atomic mass is 9.93. The Morgan fingerprint density at radius 2 is 1.96 bits per heavy atom. The molecule has 1 atom stereocenters. The second-order valence-electron chi connectivity index (χ2n) is 6.24. The molecule has 6 heteroatoms. The molecular formula is C19H26FN3O2. The van der Waals surface area contributed by atoms with Crippen LogP contribution in [0.4, 0.5) is 4.39 Å². The summed E-state index contributed by atoms with van der Waals surface area (Å²) in [5.74, 6) is 0.498. The largest absolute Gasteiger partial charge is 0.469 e. The number of nitrogens with one attached hydrogen (secondary N) is 2. The maximum atomic E-state index is 13.2. The zero-order valence-electron chi connectivity index (χ0n) is 14.8. The number of halogens is 1. The zero-order chi connectivity index (χ0) is 18.1. The number of amides is 1. The van der Waals surface area contributed by atoms with Crippen molar-refractivity contribution >= 4 is 5.91 Å². The summed E-state index contributed by atoms with van der Waals surface area (Å²) >= 11 is 0. The zero-order valence-corrected chi connectivity index (χ0v) is 14.8.